The summed E-state index contributed by atoms with van der Waals surface area (Å²) < 4.78 is 12.3. The monoisotopic (exact) mass is 289 g/mol. The van der Waals surface area contributed by atoms with Gasteiger partial charge in [-0.25, -0.2) is 0 Å². The SMILES string of the molecule is COc1cc(OC)nc(N2CC(Cn3cc(C)cn3)C2)n1. The van der Waals surface area contributed by atoms with Crippen molar-refractivity contribution < 1.29 is 9.47 Å². The highest BCUT2D eigenvalue weighted by atomic mass is 16.5. The third-order valence-electron chi connectivity index (χ3n) is 3.53. The number of hydrogen-bond acceptors (Lipinski definition) is 6. The Balaban J connectivity index is 1.63. The van der Waals surface area contributed by atoms with Gasteiger partial charge in [-0.05, 0) is 12.5 Å². The lowest BCUT2D eigenvalue weighted by molar-refractivity contribution is 0.330. The minimum absolute atomic E-state index is 0.517. The molecule has 0 N–H and O–H groups in total. The number of methoxy groups -OCH3 is 2. The molecule has 0 radical (unpaired) electrons. The summed E-state index contributed by atoms with van der Waals surface area (Å²) >= 11 is 0. The van der Waals surface area contributed by atoms with Crippen LogP contribution in [0.3, 0.4) is 0 Å². The highest BCUT2D eigenvalue weighted by Crippen LogP contribution is 2.26. The molecule has 0 aliphatic carbocycles. The Hall–Kier alpha value is -2.31. The summed E-state index contributed by atoms with van der Waals surface area (Å²) in [4.78, 5) is 10.8. The van der Waals surface area contributed by atoms with E-state index >= 15 is 0 Å². The van der Waals surface area contributed by atoms with Gasteiger partial charge in [-0.2, -0.15) is 15.1 Å². The zero-order valence-corrected chi connectivity index (χ0v) is 12.5. The third-order valence-corrected chi connectivity index (χ3v) is 3.53. The van der Waals surface area contributed by atoms with Crippen LogP contribution in [0.5, 0.6) is 11.8 Å². The van der Waals surface area contributed by atoms with Gasteiger partial charge in [-0.3, -0.25) is 4.68 Å². The Kier molecular flexibility index (Phi) is 3.64. The van der Waals surface area contributed by atoms with Crippen molar-refractivity contribution in [2.75, 3.05) is 32.2 Å². The van der Waals surface area contributed by atoms with Crippen molar-refractivity contribution in [1.82, 2.24) is 19.7 Å². The van der Waals surface area contributed by atoms with E-state index in [1.54, 1.807) is 20.3 Å². The first-order chi connectivity index (χ1) is 10.2. The fraction of sp³-hybridized carbons (Fsp3) is 0.500. The summed E-state index contributed by atoms with van der Waals surface area (Å²) in [5, 5.41) is 4.32. The minimum Gasteiger partial charge on any atom is -0.481 e. The quantitative estimate of drug-likeness (QED) is 0.822. The summed E-state index contributed by atoms with van der Waals surface area (Å²) in [6, 6.07) is 1.67. The molecule has 0 bridgehead atoms. The zero-order valence-electron chi connectivity index (χ0n) is 12.5. The van der Waals surface area contributed by atoms with E-state index in [4.69, 9.17) is 9.47 Å². The highest BCUT2D eigenvalue weighted by Gasteiger charge is 2.29. The van der Waals surface area contributed by atoms with Gasteiger partial charge >= 0.3 is 0 Å². The number of aryl methyl sites for hydroxylation is 1. The van der Waals surface area contributed by atoms with Crippen LogP contribution in [0.1, 0.15) is 5.56 Å². The van der Waals surface area contributed by atoms with E-state index in [0.717, 1.165) is 19.6 Å². The van der Waals surface area contributed by atoms with Gasteiger partial charge in [0.25, 0.3) is 0 Å². The molecule has 0 saturated carbocycles. The molecule has 21 heavy (non-hydrogen) atoms. The van der Waals surface area contributed by atoms with Crippen molar-refractivity contribution >= 4 is 5.95 Å². The van der Waals surface area contributed by atoms with E-state index in [9.17, 15) is 0 Å². The zero-order chi connectivity index (χ0) is 14.8. The average molecular weight is 289 g/mol. The summed E-state index contributed by atoms with van der Waals surface area (Å²) in [7, 11) is 3.18. The Morgan fingerprint density at radius 1 is 1.19 bits per heavy atom. The van der Waals surface area contributed by atoms with Crippen LogP contribution in [0, 0.1) is 12.8 Å². The number of anilines is 1. The number of nitrogens with zero attached hydrogens (tertiary/aromatic N) is 5. The molecule has 2 aromatic rings. The van der Waals surface area contributed by atoms with Gasteiger partial charge in [0.1, 0.15) is 0 Å². The molecule has 3 heterocycles. The molecule has 2 aromatic heterocycles. The van der Waals surface area contributed by atoms with Crippen molar-refractivity contribution in [1.29, 1.82) is 0 Å². The van der Waals surface area contributed by atoms with Gasteiger partial charge in [0.2, 0.25) is 17.7 Å². The average Bonchev–Trinajstić information content (AvgIpc) is 2.87. The predicted molar refractivity (Wildman–Crippen MR) is 77.8 cm³/mol. The van der Waals surface area contributed by atoms with Crippen molar-refractivity contribution in [3.8, 4) is 11.8 Å². The van der Waals surface area contributed by atoms with E-state index in [2.05, 4.69) is 26.2 Å². The summed E-state index contributed by atoms with van der Waals surface area (Å²) in [6.45, 7) is 4.79. The minimum atomic E-state index is 0.517. The second-order valence-electron chi connectivity index (χ2n) is 5.26. The standard InChI is InChI=1S/C14H19N5O2/c1-10-5-15-19(6-10)9-11-7-18(8-11)14-16-12(20-2)4-13(17-14)21-3/h4-6,11H,7-9H2,1-3H3. The van der Waals surface area contributed by atoms with E-state index < -0.39 is 0 Å². The molecule has 7 nitrogen and oxygen atoms in total. The van der Waals surface area contributed by atoms with E-state index in [1.165, 1.54) is 5.56 Å². The molecule has 0 unspecified atom stereocenters. The lowest BCUT2D eigenvalue weighted by Crippen LogP contribution is -2.49. The molecule has 7 heteroatoms. The van der Waals surface area contributed by atoms with Gasteiger partial charge in [0.05, 0.1) is 26.5 Å². The molecule has 3 rings (SSSR count). The first-order valence-corrected chi connectivity index (χ1v) is 6.89. The third kappa shape index (κ3) is 2.91. The second kappa shape index (κ2) is 5.59. The lowest BCUT2D eigenvalue weighted by atomic mass is 10.0. The molecule has 1 aliphatic rings. The Labute approximate surface area is 123 Å². The molecular formula is C14H19N5O2. The normalized spacial score (nSPS) is 14.9. The van der Waals surface area contributed by atoms with Crippen LogP contribution in [0.4, 0.5) is 5.95 Å². The molecule has 1 aliphatic heterocycles. The van der Waals surface area contributed by atoms with Crippen LogP contribution in [0.25, 0.3) is 0 Å². The van der Waals surface area contributed by atoms with E-state index in [-0.39, 0.29) is 0 Å². The van der Waals surface area contributed by atoms with Crippen LogP contribution in [0.2, 0.25) is 0 Å². The molecule has 1 saturated heterocycles. The predicted octanol–water partition coefficient (Wildman–Crippen LogP) is 1.14. The highest BCUT2D eigenvalue weighted by molar-refractivity contribution is 5.39. The lowest BCUT2D eigenvalue weighted by Gasteiger charge is -2.39. The topological polar surface area (TPSA) is 65.3 Å². The summed E-state index contributed by atoms with van der Waals surface area (Å²) in [5.41, 5.74) is 1.19. The van der Waals surface area contributed by atoms with Crippen molar-refractivity contribution in [2.45, 2.75) is 13.5 Å². The van der Waals surface area contributed by atoms with Crippen molar-refractivity contribution in [3.63, 3.8) is 0 Å². The molecule has 0 aromatic carbocycles. The number of aromatic nitrogens is 4. The maximum absolute atomic E-state index is 5.17. The first kappa shape index (κ1) is 13.7. The Morgan fingerprint density at radius 3 is 2.38 bits per heavy atom. The van der Waals surface area contributed by atoms with Crippen LogP contribution in [-0.4, -0.2) is 47.1 Å². The largest absolute Gasteiger partial charge is 0.481 e. The molecule has 0 amide bonds. The van der Waals surface area contributed by atoms with Crippen molar-refractivity contribution in [3.05, 3.63) is 24.0 Å². The molecular weight excluding hydrogens is 270 g/mol. The van der Waals surface area contributed by atoms with Gasteiger partial charge < -0.3 is 14.4 Å². The van der Waals surface area contributed by atoms with E-state index in [0.29, 0.717) is 23.6 Å². The maximum atomic E-state index is 5.17. The first-order valence-electron chi connectivity index (χ1n) is 6.89. The summed E-state index contributed by atoms with van der Waals surface area (Å²) in [5.74, 6) is 2.25. The fourth-order valence-electron chi connectivity index (χ4n) is 2.42. The van der Waals surface area contributed by atoms with Crippen LogP contribution in [-0.2, 0) is 6.54 Å². The van der Waals surface area contributed by atoms with Gasteiger partial charge in [0.15, 0.2) is 0 Å². The molecule has 0 spiro atoms. The van der Waals surface area contributed by atoms with Gasteiger partial charge in [-0.1, -0.05) is 0 Å². The molecule has 1 fully saturated rings. The Morgan fingerprint density at radius 2 is 1.86 bits per heavy atom. The van der Waals surface area contributed by atoms with Crippen LogP contribution >= 0.6 is 0 Å². The molecule has 112 valence electrons. The van der Waals surface area contributed by atoms with Crippen molar-refractivity contribution in [2.24, 2.45) is 5.92 Å². The van der Waals surface area contributed by atoms with Gasteiger partial charge in [-0.15, -0.1) is 0 Å². The Bertz CT molecular complexity index is 599. The number of rotatable bonds is 5. The van der Waals surface area contributed by atoms with Crippen LogP contribution < -0.4 is 14.4 Å². The summed E-state index contributed by atoms with van der Waals surface area (Å²) in [6.07, 6.45) is 3.94. The fourth-order valence-corrected chi connectivity index (χ4v) is 2.42. The van der Waals surface area contributed by atoms with E-state index in [1.807, 2.05) is 17.8 Å². The second-order valence-corrected chi connectivity index (χ2v) is 5.26. The van der Waals surface area contributed by atoms with Gasteiger partial charge in [0, 0.05) is 31.7 Å². The maximum Gasteiger partial charge on any atom is 0.231 e. The number of ether oxygens (including phenoxy) is 2. The smallest absolute Gasteiger partial charge is 0.231 e. The van der Waals surface area contributed by atoms with Crippen LogP contribution in [0.15, 0.2) is 18.5 Å². The number of hydrogen-bond donors (Lipinski definition) is 0. The molecule has 0 atom stereocenters.